The molecule has 3 rings (SSSR count). The predicted octanol–water partition coefficient (Wildman–Crippen LogP) is 3.40. The molecule has 2 heterocycles. The molecule has 1 aromatic carbocycles. The summed E-state index contributed by atoms with van der Waals surface area (Å²) in [5.74, 6) is -0.925. The minimum Gasteiger partial charge on any atom is -0.481 e. The van der Waals surface area contributed by atoms with Crippen LogP contribution in [-0.4, -0.2) is 38.4 Å². The van der Waals surface area contributed by atoms with Crippen LogP contribution < -0.4 is 0 Å². The van der Waals surface area contributed by atoms with Gasteiger partial charge < -0.3 is 14.7 Å². The predicted molar refractivity (Wildman–Crippen MR) is 104 cm³/mol. The van der Waals surface area contributed by atoms with Gasteiger partial charge in [-0.3, -0.25) is 9.48 Å². The van der Waals surface area contributed by atoms with Gasteiger partial charge in [-0.05, 0) is 45.7 Å². The van der Waals surface area contributed by atoms with E-state index in [1.165, 1.54) is 0 Å². The smallest absolute Gasteiger partial charge is 0.410 e. The number of amides is 1. The molecule has 7 heteroatoms. The maximum atomic E-state index is 12.6. The second-order valence-electron chi connectivity index (χ2n) is 8.00. The van der Waals surface area contributed by atoms with Crippen molar-refractivity contribution in [1.29, 1.82) is 0 Å². The van der Waals surface area contributed by atoms with E-state index in [0.29, 0.717) is 25.3 Å². The number of benzene rings is 1. The van der Waals surface area contributed by atoms with Gasteiger partial charge in [-0.2, -0.15) is 5.10 Å². The lowest BCUT2D eigenvalue weighted by Crippen LogP contribution is -2.31. The number of ether oxygens (including phenoxy) is 1. The van der Waals surface area contributed by atoms with E-state index in [9.17, 15) is 14.7 Å². The van der Waals surface area contributed by atoms with Crippen molar-refractivity contribution in [3.8, 4) is 0 Å². The average Bonchev–Trinajstić information content (AvgIpc) is 2.91. The Hall–Kier alpha value is -2.83. The second kappa shape index (κ2) is 7.66. The third kappa shape index (κ3) is 4.18. The van der Waals surface area contributed by atoms with Crippen molar-refractivity contribution >= 4 is 12.1 Å². The number of aliphatic carboxylic acids is 1. The first-order valence-electron chi connectivity index (χ1n) is 9.46. The van der Waals surface area contributed by atoms with Gasteiger partial charge in [-0.25, -0.2) is 4.79 Å². The van der Waals surface area contributed by atoms with E-state index in [4.69, 9.17) is 4.74 Å². The monoisotopic (exact) mass is 385 g/mol. The van der Waals surface area contributed by atoms with Crippen molar-refractivity contribution < 1.29 is 19.4 Å². The lowest BCUT2D eigenvalue weighted by atomic mass is 9.89. The third-order valence-electron chi connectivity index (χ3n) is 5.09. The summed E-state index contributed by atoms with van der Waals surface area (Å²) in [5.41, 5.74) is 3.49. The summed E-state index contributed by atoms with van der Waals surface area (Å²) in [6, 6.07) is 7.89. The highest BCUT2D eigenvalue weighted by atomic mass is 16.6. The SMILES string of the molecule is Cc1cc(C)cc(COC(=O)N2CCCn3nc(C(C)(C)C(=O)O)cc3C2)c1. The zero-order chi connectivity index (χ0) is 20.5. The van der Waals surface area contributed by atoms with Crippen LogP contribution in [0.25, 0.3) is 0 Å². The van der Waals surface area contributed by atoms with E-state index >= 15 is 0 Å². The van der Waals surface area contributed by atoms with Gasteiger partial charge in [0.1, 0.15) is 12.0 Å². The molecule has 0 bridgehead atoms. The number of hydrogen-bond acceptors (Lipinski definition) is 4. The number of aromatic nitrogens is 2. The van der Waals surface area contributed by atoms with Crippen LogP contribution in [0, 0.1) is 13.8 Å². The molecule has 0 spiro atoms. The van der Waals surface area contributed by atoms with E-state index in [1.807, 2.05) is 26.0 Å². The van der Waals surface area contributed by atoms with E-state index in [-0.39, 0.29) is 12.7 Å². The molecule has 2 aromatic rings. The number of aryl methyl sites for hydroxylation is 3. The number of rotatable bonds is 4. The minimum atomic E-state index is -1.08. The van der Waals surface area contributed by atoms with Gasteiger partial charge in [0.15, 0.2) is 0 Å². The van der Waals surface area contributed by atoms with Gasteiger partial charge in [0, 0.05) is 13.1 Å². The number of carboxylic acids is 1. The van der Waals surface area contributed by atoms with Gasteiger partial charge in [0.2, 0.25) is 0 Å². The highest BCUT2D eigenvalue weighted by molar-refractivity contribution is 5.79. The van der Waals surface area contributed by atoms with E-state index in [2.05, 4.69) is 11.2 Å². The van der Waals surface area contributed by atoms with Crippen LogP contribution in [0.4, 0.5) is 4.79 Å². The van der Waals surface area contributed by atoms with Crippen molar-refractivity contribution in [2.45, 2.75) is 59.2 Å². The largest absolute Gasteiger partial charge is 0.481 e. The Morgan fingerprint density at radius 3 is 2.46 bits per heavy atom. The van der Waals surface area contributed by atoms with Crippen molar-refractivity contribution in [3.63, 3.8) is 0 Å². The van der Waals surface area contributed by atoms with Crippen LogP contribution in [0.3, 0.4) is 0 Å². The molecule has 1 aromatic heterocycles. The third-order valence-corrected chi connectivity index (χ3v) is 5.09. The fraction of sp³-hybridized carbons (Fsp3) is 0.476. The highest BCUT2D eigenvalue weighted by Crippen LogP contribution is 2.25. The van der Waals surface area contributed by atoms with Crippen LogP contribution in [0.1, 0.15) is 48.3 Å². The quantitative estimate of drug-likeness (QED) is 0.872. The summed E-state index contributed by atoms with van der Waals surface area (Å²) in [7, 11) is 0. The topological polar surface area (TPSA) is 84.7 Å². The summed E-state index contributed by atoms with van der Waals surface area (Å²) in [5, 5.41) is 13.9. The van der Waals surface area contributed by atoms with Gasteiger partial charge in [-0.15, -0.1) is 0 Å². The molecule has 0 aliphatic carbocycles. The first-order chi connectivity index (χ1) is 13.2. The first kappa shape index (κ1) is 19.9. The van der Waals surface area contributed by atoms with Crippen molar-refractivity contribution in [2.24, 2.45) is 0 Å². The van der Waals surface area contributed by atoms with Crippen molar-refractivity contribution in [1.82, 2.24) is 14.7 Å². The van der Waals surface area contributed by atoms with Crippen LogP contribution in [0.5, 0.6) is 0 Å². The fourth-order valence-electron chi connectivity index (χ4n) is 3.42. The Labute approximate surface area is 164 Å². The zero-order valence-electron chi connectivity index (χ0n) is 16.9. The number of carbonyl (C=O) groups excluding carboxylic acids is 1. The van der Waals surface area contributed by atoms with Crippen LogP contribution in [0.2, 0.25) is 0 Å². The van der Waals surface area contributed by atoms with E-state index < -0.39 is 11.4 Å². The Morgan fingerprint density at radius 1 is 1.14 bits per heavy atom. The highest BCUT2D eigenvalue weighted by Gasteiger charge is 2.34. The van der Waals surface area contributed by atoms with Crippen molar-refractivity contribution in [3.05, 3.63) is 52.3 Å². The van der Waals surface area contributed by atoms with Gasteiger partial charge in [0.25, 0.3) is 0 Å². The molecule has 1 aliphatic rings. The molecule has 0 saturated carbocycles. The lowest BCUT2D eigenvalue weighted by molar-refractivity contribution is -0.142. The summed E-state index contributed by atoms with van der Waals surface area (Å²) in [6.45, 7) is 9.11. The van der Waals surface area contributed by atoms with Crippen molar-refractivity contribution in [2.75, 3.05) is 6.54 Å². The van der Waals surface area contributed by atoms with Crippen LogP contribution in [0.15, 0.2) is 24.3 Å². The Kier molecular flexibility index (Phi) is 5.45. The summed E-state index contributed by atoms with van der Waals surface area (Å²) in [6.07, 6.45) is 0.369. The zero-order valence-corrected chi connectivity index (χ0v) is 16.9. The molecule has 1 aliphatic heterocycles. The molecule has 0 saturated heterocycles. The molecule has 0 unspecified atom stereocenters. The molecule has 1 N–H and O–H groups in total. The standard InChI is InChI=1S/C21H27N3O4/c1-14-8-15(2)10-16(9-14)13-28-20(27)23-6-5-7-24-17(12-23)11-18(22-24)21(3,4)19(25)26/h8-11H,5-7,12-13H2,1-4H3,(H,25,26). The maximum Gasteiger partial charge on any atom is 0.410 e. The van der Waals surface area contributed by atoms with Crippen LogP contribution >= 0.6 is 0 Å². The second-order valence-corrected chi connectivity index (χ2v) is 8.00. The summed E-state index contributed by atoms with van der Waals surface area (Å²) >= 11 is 0. The fourth-order valence-corrected chi connectivity index (χ4v) is 3.42. The van der Waals surface area contributed by atoms with Gasteiger partial charge >= 0.3 is 12.1 Å². The number of carboxylic acid groups (broad SMARTS) is 1. The molecule has 150 valence electrons. The van der Waals surface area contributed by atoms with E-state index in [0.717, 1.165) is 28.8 Å². The maximum absolute atomic E-state index is 12.6. The molecular weight excluding hydrogens is 358 g/mol. The lowest BCUT2D eigenvalue weighted by Gasteiger charge is -2.20. The molecular formula is C21H27N3O4. The molecule has 0 radical (unpaired) electrons. The van der Waals surface area contributed by atoms with Crippen LogP contribution in [-0.2, 0) is 34.6 Å². The molecule has 7 nitrogen and oxygen atoms in total. The Morgan fingerprint density at radius 2 is 1.82 bits per heavy atom. The number of carbonyl (C=O) groups is 2. The molecule has 1 amide bonds. The summed E-state index contributed by atoms with van der Waals surface area (Å²) in [4.78, 5) is 25.8. The average molecular weight is 385 g/mol. The Bertz CT molecular complexity index is 881. The minimum absolute atomic E-state index is 0.231. The molecule has 0 atom stereocenters. The summed E-state index contributed by atoms with van der Waals surface area (Å²) < 4.78 is 7.33. The first-order valence-corrected chi connectivity index (χ1v) is 9.46. The van der Waals surface area contributed by atoms with Gasteiger partial charge in [0.05, 0.1) is 17.9 Å². The number of hydrogen-bond donors (Lipinski definition) is 1. The number of nitrogens with zero attached hydrogens (tertiary/aromatic N) is 3. The molecule has 28 heavy (non-hydrogen) atoms. The van der Waals surface area contributed by atoms with E-state index in [1.54, 1.807) is 29.5 Å². The molecule has 0 fully saturated rings. The normalized spacial score (nSPS) is 14.4. The van der Waals surface area contributed by atoms with Gasteiger partial charge in [-0.1, -0.05) is 29.3 Å². The Balaban J connectivity index is 1.70. The number of fused-ring (bicyclic) bond motifs is 1.